The Labute approximate surface area is 120 Å². The van der Waals surface area contributed by atoms with Gasteiger partial charge in [0.15, 0.2) is 23.0 Å². The smallest absolute Gasteiger partial charge is 0.252 e. The highest BCUT2D eigenvalue weighted by Crippen LogP contribution is 2.38. The zero-order valence-electron chi connectivity index (χ0n) is 11.5. The third kappa shape index (κ3) is 2.44. The molecule has 1 aliphatic carbocycles. The number of oxazole rings is 1. The molecular formula is C13H14N6O2. The van der Waals surface area contributed by atoms with Gasteiger partial charge in [-0.1, -0.05) is 5.16 Å². The van der Waals surface area contributed by atoms with Crippen LogP contribution in [0.2, 0.25) is 0 Å². The molecule has 1 N–H and O–H groups in total. The minimum Gasteiger partial charge on any atom is -0.422 e. The molecule has 1 aliphatic rings. The molecule has 0 aromatic carbocycles. The van der Waals surface area contributed by atoms with Crippen molar-refractivity contribution in [1.82, 2.24) is 25.1 Å². The molecule has 8 nitrogen and oxygen atoms in total. The van der Waals surface area contributed by atoms with E-state index >= 15 is 0 Å². The van der Waals surface area contributed by atoms with Crippen LogP contribution in [0.25, 0.3) is 11.2 Å². The fraction of sp³-hybridized carbons (Fsp3) is 0.462. The molecule has 0 bridgehead atoms. The summed E-state index contributed by atoms with van der Waals surface area (Å²) in [6, 6.07) is 0. The zero-order chi connectivity index (χ0) is 14.2. The van der Waals surface area contributed by atoms with Crippen LogP contribution < -0.4 is 5.32 Å². The second-order valence-electron chi connectivity index (χ2n) is 5.11. The Morgan fingerprint density at radius 1 is 1.29 bits per heavy atom. The summed E-state index contributed by atoms with van der Waals surface area (Å²) >= 11 is 0. The topological polar surface area (TPSA) is 103 Å². The predicted octanol–water partition coefficient (Wildman–Crippen LogP) is 1.84. The van der Waals surface area contributed by atoms with E-state index in [-0.39, 0.29) is 0 Å². The minimum absolute atomic E-state index is 0.485. The lowest BCUT2D eigenvalue weighted by atomic mass is 10.4. The van der Waals surface area contributed by atoms with Crippen molar-refractivity contribution in [2.45, 2.75) is 32.1 Å². The van der Waals surface area contributed by atoms with E-state index in [0.717, 1.165) is 5.82 Å². The van der Waals surface area contributed by atoms with Crippen molar-refractivity contribution in [3.05, 3.63) is 23.9 Å². The first-order chi connectivity index (χ1) is 10.3. The SMILES string of the molecule is Cc1nc2c(NCCc3nc(C4CC4)no3)ncnc2o1. The van der Waals surface area contributed by atoms with E-state index < -0.39 is 0 Å². The van der Waals surface area contributed by atoms with Gasteiger partial charge in [-0.05, 0) is 12.8 Å². The van der Waals surface area contributed by atoms with Crippen LogP contribution in [0, 0.1) is 6.92 Å². The Kier molecular flexibility index (Phi) is 2.80. The highest BCUT2D eigenvalue weighted by atomic mass is 16.5. The van der Waals surface area contributed by atoms with Crippen LogP contribution >= 0.6 is 0 Å². The number of hydrogen-bond donors (Lipinski definition) is 1. The lowest BCUT2D eigenvalue weighted by molar-refractivity contribution is 0.375. The maximum atomic E-state index is 5.37. The van der Waals surface area contributed by atoms with Crippen LogP contribution in [0.3, 0.4) is 0 Å². The maximum absolute atomic E-state index is 5.37. The minimum atomic E-state index is 0.485. The molecule has 3 aromatic heterocycles. The first-order valence-electron chi connectivity index (χ1n) is 6.94. The Balaban J connectivity index is 1.43. The largest absolute Gasteiger partial charge is 0.422 e. The number of anilines is 1. The molecule has 21 heavy (non-hydrogen) atoms. The summed E-state index contributed by atoms with van der Waals surface area (Å²) < 4.78 is 10.6. The summed E-state index contributed by atoms with van der Waals surface area (Å²) in [5, 5.41) is 7.19. The van der Waals surface area contributed by atoms with Gasteiger partial charge in [-0.3, -0.25) is 0 Å². The number of aromatic nitrogens is 5. The van der Waals surface area contributed by atoms with Gasteiger partial charge in [0.25, 0.3) is 5.71 Å². The predicted molar refractivity (Wildman–Crippen MR) is 72.8 cm³/mol. The van der Waals surface area contributed by atoms with Gasteiger partial charge in [0.1, 0.15) is 6.33 Å². The summed E-state index contributed by atoms with van der Waals surface area (Å²) in [5.74, 6) is 3.21. The number of fused-ring (bicyclic) bond motifs is 1. The average molecular weight is 286 g/mol. The molecule has 0 saturated heterocycles. The van der Waals surface area contributed by atoms with Crippen LogP contribution in [-0.4, -0.2) is 31.6 Å². The van der Waals surface area contributed by atoms with Crippen molar-refractivity contribution < 1.29 is 8.94 Å². The molecule has 0 amide bonds. The van der Waals surface area contributed by atoms with Gasteiger partial charge in [-0.25, -0.2) is 9.97 Å². The summed E-state index contributed by atoms with van der Waals surface area (Å²) in [5.41, 5.74) is 1.12. The van der Waals surface area contributed by atoms with Gasteiger partial charge >= 0.3 is 0 Å². The number of aryl methyl sites for hydroxylation is 1. The Morgan fingerprint density at radius 3 is 3.05 bits per heavy atom. The van der Waals surface area contributed by atoms with Crippen LogP contribution in [0.15, 0.2) is 15.3 Å². The molecule has 4 rings (SSSR count). The molecule has 3 heterocycles. The standard InChI is InChI=1S/C13H14N6O2/c1-7-17-10-12(15-6-16-13(10)20-7)14-5-4-9-18-11(19-21-9)8-2-3-8/h6,8H,2-5H2,1H3,(H,14,15,16). The average Bonchev–Trinajstić information content (AvgIpc) is 3.09. The summed E-state index contributed by atoms with van der Waals surface area (Å²) in [6.07, 6.45) is 4.43. The molecule has 1 fully saturated rings. The van der Waals surface area contributed by atoms with Crippen molar-refractivity contribution in [3.63, 3.8) is 0 Å². The first kappa shape index (κ1) is 12.2. The van der Waals surface area contributed by atoms with Gasteiger partial charge in [-0.15, -0.1) is 0 Å². The summed E-state index contributed by atoms with van der Waals surface area (Å²) in [7, 11) is 0. The molecule has 1 saturated carbocycles. The third-order valence-electron chi connectivity index (χ3n) is 3.36. The van der Waals surface area contributed by atoms with E-state index in [1.54, 1.807) is 6.92 Å². The lowest BCUT2D eigenvalue weighted by Gasteiger charge is -2.02. The van der Waals surface area contributed by atoms with Crippen LogP contribution in [0.1, 0.15) is 36.4 Å². The van der Waals surface area contributed by atoms with E-state index in [0.29, 0.717) is 47.7 Å². The van der Waals surface area contributed by atoms with Crippen molar-refractivity contribution >= 4 is 17.0 Å². The van der Waals surface area contributed by atoms with E-state index in [1.807, 2.05) is 0 Å². The molecule has 0 radical (unpaired) electrons. The highest BCUT2D eigenvalue weighted by molar-refractivity contribution is 5.80. The number of hydrogen-bond acceptors (Lipinski definition) is 8. The van der Waals surface area contributed by atoms with Gasteiger partial charge in [-0.2, -0.15) is 9.97 Å². The first-order valence-corrected chi connectivity index (χ1v) is 6.94. The second kappa shape index (κ2) is 4.80. The summed E-state index contributed by atoms with van der Waals surface area (Å²) in [4.78, 5) is 16.9. The number of nitrogens with zero attached hydrogens (tertiary/aromatic N) is 5. The van der Waals surface area contributed by atoms with Crippen LogP contribution in [0.4, 0.5) is 5.82 Å². The fourth-order valence-electron chi connectivity index (χ4n) is 2.15. The van der Waals surface area contributed by atoms with Crippen molar-refractivity contribution in [3.8, 4) is 0 Å². The normalized spacial score (nSPS) is 14.7. The van der Waals surface area contributed by atoms with Crippen molar-refractivity contribution in [2.24, 2.45) is 0 Å². The molecule has 0 aliphatic heterocycles. The molecule has 0 atom stereocenters. The Bertz CT molecular complexity index is 776. The van der Waals surface area contributed by atoms with E-state index in [4.69, 9.17) is 8.94 Å². The van der Waals surface area contributed by atoms with Crippen molar-refractivity contribution in [2.75, 3.05) is 11.9 Å². The molecule has 8 heteroatoms. The van der Waals surface area contributed by atoms with E-state index in [1.165, 1.54) is 19.2 Å². The van der Waals surface area contributed by atoms with Crippen LogP contribution in [0.5, 0.6) is 0 Å². The summed E-state index contributed by atoms with van der Waals surface area (Å²) in [6.45, 7) is 2.41. The second-order valence-corrected chi connectivity index (χ2v) is 5.11. The molecule has 0 unspecified atom stereocenters. The van der Waals surface area contributed by atoms with Crippen molar-refractivity contribution in [1.29, 1.82) is 0 Å². The molecular weight excluding hydrogens is 272 g/mol. The Hall–Kier alpha value is -2.51. The Morgan fingerprint density at radius 2 is 2.19 bits per heavy atom. The quantitative estimate of drug-likeness (QED) is 0.757. The number of nitrogens with one attached hydrogen (secondary N) is 1. The third-order valence-corrected chi connectivity index (χ3v) is 3.36. The fourth-order valence-corrected chi connectivity index (χ4v) is 2.15. The monoisotopic (exact) mass is 286 g/mol. The number of rotatable bonds is 5. The zero-order valence-corrected chi connectivity index (χ0v) is 11.5. The van der Waals surface area contributed by atoms with Gasteiger partial charge < -0.3 is 14.3 Å². The lowest BCUT2D eigenvalue weighted by Crippen LogP contribution is -2.07. The molecule has 3 aromatic rings. The van der Waals surface area contributed by atoms with Gasteiger partial charge in [0.2, 0.25) is 5.89 Å². The van der Waals surface area contributed by atoms with E-state index in [2.05, 4.69) is 30.4 Å². The van der Waals surface area contributed by atoms with E-state index in [9.17, 15) is 0 Å². The van der Waals surface area contributed by atoms with Crippen LogP contribution in [-0.2, 0) is 6.42 Å². The van der Waals surface area contributed by atoms with Gasteiger partial charge in [0, 0.05) is 25.8 Å². The molecule has 108 valence electrons. The molecule has 0 spiro atoms. The van der Waals surface area contributed by atoms with Gasteiger partial charge in [0.05, 0.1) is 0 Å². The maximum Gasteiger partial charge on any atom is 0.252 e. The highest BCUT2D eigenvalue weighted by Gasteiger charge is 2.28.